The number of amides is 1. The number of para-hydroxylation sites is 1. The monoisotopic (exact) mass is 343 g/mol. The zero-order chi connectivity index (χ0) is 16.8. The number of aromatic nitrogens is 2. The van der Waals surface area contributed by atoms with E-state index >= 15 is 0 Å². The Morgan fingerprint density at radius 1 is 1.08 bits per heavy atom. The van der Waals surface area contributed by atoms with Crippen molar-refractivity contribution in [1.29, 1.82) is 0 Å². The van der Waals surface area contributed by atoms with Crippen LogP contribution in [0.3, 0.4) is 0 Å². The summed E-state index contributed by atoms with van der Waals surface area (Å²) in [7, 11) is 0. The summed E-state index contributed by atoms with van der Waals surface area (Å²) < 4.78 is 18.8. The fourth-order valence-electron chi connectivity index (χ4n) is 1.96. The van der Waals surface area contributed by atoms with Gasteiger partial charge in [0.25, 0.3) is 5.91 Å². The van der Waals surface area contributed by atoms with Gasteiger partial charge in [0, 0.05) is 6.54 Å². The van der Waals surface area contributed by atoms with Crippen molar-refractivity contribution < 1.29 is 13.9 Å². The number of halogens is 1. The van der Waals surface area contributed by atoms with Gasteiger partial charge in [-0.15, -0.1) is 10.2 Å². The van der Waals surface area contributed by atoms with Crippen molar-refractivity contribution in [2.24, 2.45) is 0 Å². The predicted octanol–water partition coefficient (Wildman–Crippen LogP) is 3.19. The van der Waals surface area contributed by atoms with E-state index < -0.39 is 5.82 Å². The molecule has 0 aliphatic rings. The van der Waals surface area contributed by atoms with Crippen molar-refractivity contribution in [3.63, 3.8) is 0 Å². The van der Waals surface area contributed by atoms with Gasteiger partial charge in [0.05, 0.1) is 0 Å². The first-order valence-corrected chi connectivity index (χ1v) is 8.06. The number of benzene rings is 2. The molecule has 0 saturated carbocycles. The molecule has 7 heteroatoms. The molecule has 0 unspecified atom stereocenters. The van der Waals surface area contributed by atoms with Crippen LogP contribution in [0.25, 0.3) is 0 Å². The predicted molar refractivity (Wildman–Crippen MR) is 88.3 cm³/mol. The normalized spacial score (nSPS) is 10.4. The fourth-order valence-corrected chi connectivity index (χ4v) is 2.63. The number of rotatable bonds is 6. The van der Waals surface area contributed by atoms with Gasteiger partial charge in [0.2, 0.25) is 5.01 Å². The Morgan fingerprint density at radius 2 is 1.83 bits per heavy atom. The standard InChI is InChI=1S/C17H14FN3O2S/c18-13-8-4-5-9-14(13)23-11-15-20-21-17(24-15)16(22)19-10-12-6-2-1-3-7-12/h1-9H,10-11H2,(H,19,22). The Morgan fingerprint density at radius 3 is 2.62 bits per heavy atom. The lowest BCUT2D eigenvalue weighted by atomic mass is 10.2. The van der Waals surface area contributed by atoms with Crippen LogP contribution in [0.1, 0.15) is 20.4 Å². The minimum absolute atomic E-state index is 0.0601. The van der Waals surface area contributed by atoms with E-state index in [0.717, 1.165) is 16.9 Å². The largest absolute Gasteiger partial charge is 0.483 e. The van der Waals surface area contributed by atoms with E-state index in [9.17, 15) is 9.18 Å². The third-order valence-corrected chi connectivity index (χ3v) is 4.04. The lowest BCUT2D eigenvalue weighted by Gasteiger charge is -2.04. The maximum Gasteiger partial charge on any atom is 0.282 e. The number of carbonyl (C=O) groups is 1. The first kappa shape index (κ1) is 16.1. The van der Waals surface area contributed by atoms with Crippen molar-refractivity contribution in [3.8, 4) is 5.75 Å². The Balaban J connectivity index is 1.55. The smallest absolute Gasteiger partial charge is 0.282 e. The van der Waals surface area contributed by atoms with Crippen LogP contribution in [-0.4, -0.2) is 16.1 Å². The van der Waals surface area contributed by atoms with Crippen molar-refractivity contribution in [3.05, 3.63) is 76.0 Å². The van der Waals surface area contributed by atoms with Crippen LogP contribution in [0.15, 0.2) is 54.6 Å². The summed E-state index contributed by atoms with van der Waals surface area (Å²) in [5.74, 6) is -0.598. The Bertz CT molecular complexity index is 823. The van der Waals surface area contributed by atoms with Crippen LogP contribution in [0.5, 0.6) is 5.75 Å². The Kier molecular flexibility index (Phi) is 5.12. The van der Waals surface area contributed by atoms with Gasteiger partial charge in [-0.3, -0.25) is 4.79 Å². The molecule has 0 aliphatic heterocycles. The van der Waals surface area contributed by atoms with Crippen molar-refractivity contribution >= 4 is 17.2 Å². The third-order valence-electron chi connectivity index (χ3n) is 3.14. The summed E-state index contributed by atoms with van der Waals surface area (Å²) in [6, 6.07) is 15.7. The van der Waals surface area contributed by atoms with Crippen LogP contribution in [0.2, 0.25) is 0 Å². The average molecular weight is 343 g/mol. The SMILES string of the molecule is O=C(NCc1ccccc1)c1nnc(COc2ccccc2F)s1. The second-order valence-corrected chi connectivity index (χ2v) is 5.95. The highest BCUT2D eigenvalue weighted by molar-refractivity contribution is 7.13. The number of hydrogen-bond donors (Lipinski definition) is 1. The van der Waals surface area contributed by atoms with E-state index in [2.05, 4.69) is 15.5 Å². The zero-order valence-corrected chi connectivity index (χ0v) is 13.4. The Hall–Kier alpha value is -2.80. The molecule has 122 valence electrons. The van der Waals surface area contributed by atoms with Crippen LogP contribution in [0.4, 0.5) is 4.39 Å². The number of hydrogen-bond acceptors (Lipinski definition) is 5. The lowest BCUT2D eigenvalue weighted by molar-refractivity contribution is 0.0950. The number of nitrogens with one attached hydrogen (secondary N) is 1. The first-order chi connectivity index (χ1) is 11.7. The van der Waals surface area contributed by atoms with Crippen molar-refractivity contribution in [1.82, 2.24) is 15.5 Å². The molecule has 0 atom stereocenters. The number of nitrogens with zero attached hydrogens (tertiary/aromatic N) is 2. The van der Waals surface area contributed by atoms with E-state index in [1.165, 1.54) is 12.1 Å². The van der Waals surface area contributed by atoms with E-state index in [0.29, 0.717) is 11.6 Å². The summed E-state index contributed by atoms with van der Waals surface area (Å²) in [6.45, 7) is 0.477. The molecule has 3 aromatic rings. The van der Waals surface area contributed by atoms with E-state index in [1.54, 1.807) is 12.1 Å². The molecule has 3 rings (SSSR count). The molecule has 0 fully saturated rings. The van der Waals surface area contributed by atoms with Crippen LogP contribution in [-0.2, 0) is 13.2 Å². The maximum absolute atomic E-state index is 13.5. The number of ether oxygens (including phenoxy) is 1. The zero-order valence-electron chi connectivity index (χ0n) is 12.6. The van der Waals surface area contributed by atoms with Crippen molar-refractivity contribution in [2.45, 2.75) is 13.2 Å². The quantitative estimate of drug-likeness (QED) is 0.747. The summed E-state index contributed by atoms with van der Waals surface area (Å²) >= 11 is 1.12. The molecule has 0 bridgehead atoms. The molecule has 2 aromatic carbocycles. The molecule has 0 saturated heterocycles. The second-order valence-electron chi connectivity index (χ2n) is 4.89. The molecule has 24 heavy (non-hydrogen) atoms. The van der Waals surface area contributed by atoms with E-state index in [-0.39, 0.29) is 23.3 Å². The van der Waals surface area contributed by atoms with Gasteiger partial charge in [-0.2, -0.15) is 0 Å². The van der Waals surface area contributed by atoms with Gasteiger partial charge < -0.3 is 10.1 Å². The highest BCUT2D eigenvalue weighted by Gasteiger charge is 2.13. The molecule has 5 nitrogen and oxygen atoms in total. The molecule has 1 aromatic heterocycles. The van der Waals surface area contributed by atoms with Gasteiger partial charge in [-0.1, -0.05) is 53.8 Å². The highest BCUT2D eigenvalue weighted by Crippen LogP contribution is 2.18. The first-order valence-electron chi connectivity index (χ1n) is 7.24. The topological polar surface area (TPSA) is 64.1 Å². The molecular formula is C17H14FN3O2S. The Labute approximate surface area is 142 Å². The average Bonchev–Trinajstić information content (AvgIpc) is 3.09. The van der Waals surface area contributed by atoms with E-state index in [4.69, 9.17) is 4.74 Å². The molecular weight excluding hydrogens is 329 g/mol. The van der Waals surface area contributed by atoms with Gasteiger partial charge in [0.1, 0.15) is 6.61 Å². The molecule has 1 heterocycles. The molecule has 0 aliphatic carbocycles. The summed E-state index contributed by atoms with van der Waals surface area (Å²) in [5.41, 5.74) is 0.999. The van der Waals surface area contributed by atoms with Gasteiger partial charge in [-0.25, -0.2) is 4.39 Å². The maximum atomic E-state index is 13.5. The lowest BCUT2D eigenvalue weighted by Crippen LogP contribution is -2.22. The highest BCUT2D eigenvalue weighted by atomic mass is 32.1. The molecule has 0 radical (unpaired) electrons. The van der Waals surface area contributed by atoms with E-state index in [1.807, 2.05) is 30.3 Å². The summed E-state index contributed by atoms with van der Waals surface area (Å²) in [4.78, 5) is 12.1. The van der Waals surface area contributed by atoms with Crippen molar-refractivity contribution in [2.75, 3.05) is 0 Å². The van der Waals surface area contributed by atoms with Crippen LogP contribution >= 0.6 is 11.3 Å². The van der Waals surface area contributed by atoms with Gasteiger partial charge >= 0.3 is 0 Å². The summed E-state index contributed by atoms with van der Waals surface area (Å²) in [6.07, 6.45) is 0. The second kappa shape index (κ2) is 7.65. The van der Waals surface area contributed by atoms with Gasteiger partial charge in [-0.05, 0) is 17.7 Å². The summed E-state index contributed by atoms with van der Waals surface area (Å²) in [5, 5.41) is 11.3. The molecule has 1 N–H and O–H groups in total. The molecule has 1 amide bonds. The van der Waals surface area contributed by atoms with Crippen LogP contribution in [0, 0.1) is 5.82 Å². The minimum Gasteiger partial charge on any atom is -0.483 e. The van der Waals surface area contributed by atoms with Gasteiger partial charge in [0.15, 0.2) is 16.6 Å². The minimum atomic E-state index is -0.442. The number of carbonyl (C=O) groups excluding carboxylic acids is 1. The third kappa shape index (κ3) is 4.14. The fraction of sp³-hybridized carbons (Fsp3) is 0.118. The van der Waals surface area contributed by atoms with Crippen LogP contribution < -0.4 is 10.1 Å². The molecule has 0 spiro atoms.